The third-order valence-electron chi connectivity index (χ3n) is 3.49. The van der Waals surface area contributed by atoms with Gasteiger partial charge in [0, 0.05) is 5.38 Å². The highest BCUT2D eigenvalue weighted by Crippen LogP contribution is 2.22. The number of esters is 1. The zero-order valence-corrected chi connectivity index (χ0v) is 15.4. The molecule has 2 rings (SSSR count). The van der Waals surface area contributed by atoms with E-state index in [4.69, 9.17) is 4.74 Å². The minimum absolute atomic E-state index is 0.0296. The Morgan fingerprint density at radius 1 is 1.46 bits per heavy atom. The molecule has 1 atom stereocenters. The van der Waals surface area contributed by atoms with Crippen molar-refractivity contribution in [3.05, 3.63) is 32.9 Å². The van der Waals surface area contributed by atoms with Crippen molar-refractivity contribution in [2.45, 2.75) is 39.7 Å². The molecule has 1 amide bonds. The summed E-state index contributed by atoms with van der Waals surface area (Å²) >= 11 is 1.19. The number of anilines is 1. The van der Waals surface area contributed by atoms with Crippen LogP contribution in [0.25, 0.3) is 0 Å². The highest BCUT2D eigenvalue weighted by atomic mass is 32.1. The van der Waals surface area contributed by atoms with Gasteiger partial charge in [-0.25, -0.2) is 4.98 Å². The standard InChI is InChI=1S/C15H19N5O5S/c1-4-11(19-9(3)6-12(18-19)20(23)24)14(22)17-15-16-10(8-26-15)7-13(21)25-5-2/h6,8,11H,4-5,7H2,1-3H3,(H,16,17,22). The number of nitro groups is 1. The zero-order chi connectivity index (χ0) is 19.3. The Kier molecular flexibility index (Phi) is 6.39. The lowest BCUT2D eigenvalue weighted by Crippen LogP contribution is -2.27. The van der Waals surface area contributed by atoms with Crippen LogP contribution in [0.15, 0.2) is 11.4 Å². The first-order valence-corrected chi connectivity index (χ1v) is 8.85. The van der Waals surface area contributed by atoms with E-state index in [0.717, 1.165) is 0 Å². The van der Waals surface area contributed by atoms with Crippen LogP contribution < -0.4 is 5.32 Å². The number of nitrogens with zero attached hydrogens (tertiary/aromatic N) is 4. The van der Waals surface area contributed by atoms with Crippen molar-refractivity contribution in [3.63, 3.8) is 0 Å². The fourth-order valence-corrected chi connectivity index (χ4v) is 3.05. The molecular weight excluding hydrogens is 362 g/mol. The van der Waals surface area contributed by atoms with Crippen molar-refractivity contribution in [2.24, 2.45) is 0 Å². The van der Waals surface area contributed by atoms with Gasteiger partial charge in [-0.2, -0.15) is 4.68 Å². The first-order valence-electron chi connectivity index (χ1n) is 7.97. The second kappa shape index (κ2) is 8.52. The molecule has 0 radical (unpaired) electrons. The predicted octanol–water partition coefficient (Wildman–Crippen LogP) is 2.25. The third kappa shape index (κ3) is 4.63. The number of amides is 1. The number of rotatable bonds is 8. The molecule has 1 N–H and O–H groups in total. The molecule has 0 aliphatic heterocycles. The first-order chi connectivity index (χ1) is 12.3. The number of aromatic nitrogens is 3. The molecule has 1 unspecified atom stereocenters. The molecule has 0 spiro atoms. The molecule has 2 heterocycles. The van der Waals surface area contributed by atoms with Crippen LogP contribution in [0.5, 0.6) is 0 Å². The van der Waals surface area contributed by atoms with Crippen LogP contribution in [0.4, 0.5) is 10.9 Å². The molecule has 140 valence electrons. The van der Waals surface area contributed by atoms with E-state index in [2.05, 4.69) is 15.4 Å². The van der Waals surface area contributed by atoms with Crippen LogP contribution in [0.1, 0.15) is 37.7 Å². The molecule has 2 aromatic rings. The number of nitrogens with one attached hydrogen (secondary N) is 1. The average molecular weight is 381 g/mol. The molecule has 0 saturated heterocycles. The highest BCUT2D eigenvalue weighted by molar-refractivity contribution is 7.13. The average Bonchev–Trinajstić information content (AvgIpc) is 3.16. The maximum absolute atomic E-state index is 12.5. The highest BCUT2D eigenvalue weighted by Gasteiger charge is 2.27. The number of hydrogen-bond donors (Lipinski definition) is 1. The summed E-state index contributed by atoms with van der Waals surface area (Å²) in [6.45, 7) is 5.44. The van der Waals surface area contributed by atoms with Gasteiger partial charge in [-0.05, 0) is 25.2 Å². The largest absolute Gasteiger partial charge is 0.466 e. The van der Waals surface area contributed by atoms with E-state index in [-0.39, 0.29) is 24.1 Å². The molecule has 0 fully saturated rings. The lowest BCUT2D eigenvalue weighted by atomic mass is 10.2. The van der Waals surface area contributed by atoms with Crippen LogP contribution in [0.2, 0.25) is 0 Å². The van der Waals surface area contributed by atoms with E-state index in [1.54, 1.807) is 26.2 Å². The number of thiazole rings is 1. The molecule has 11 heteroatoms. The SMILES string of the molecule is CCOC(=O)Cc1csc(NC(=O)C(CC)n2nc([N+](=O)[O-])cc2C)n1. The van der Waals surface area contributed by atoms with Gasteiger partial charge in [0.1, 0.15) is 0 Å². The van der Waals surface area contributed by atoms with Crippen molar-refractivity contribution in [1.82, 2.24) is 14.8 Å². The predicted molar refractivity (Wildman–Crippen MR) is 94.0 cm³/mol. The Morgan fingerprint density at radius 3 is 2.77 bits per heavy atom. The maximum Gasteiger partial charge on any atom is 0.390 e. The third-order valence-corrected chi connectivity index (χ3v) is 4.30. The van der Waals surface area contributed by atoms with E-state index in [1.807, 2.05) is 0 Å². The first kappa shape index (κ1) is 19.5. The number of ether oxygens (including phenoxy) is 1. The van der Waals surface area contributed by atoms with E-state index >= 15 is 0 Å². The van der Waals surface area contributed by atoms with Gasteiger partial charge in [-0.15, -0.1) is 11.3 Å². The van der Waals surface area contributed by atoms with Gasteiger partial charge in [0.05, 0.1) is 35.6 Å². The fourth-order valence-electron chi connectivity index (χ4n) is 2.34. The normalized spacial score (nSPS) is 11.8. The van der Waals surface area contributed by atoms with Crippen molar-refractivity contribution in [1.29, 1.82) is 0 Å². The van der Waals surface area contributed by atoms with Gasteiger partial charge in [0.15, 0.2) is 11.2 Å². The van der Waals surface area contributed by atoms with Gasteiger partial charge in [0.2, 0.25) is 0 Å². The summed E-state index contributed by atoms with van der Waals surface area (Å²) in [5.74, 6) is -1.08. The van der Waals surface area contributed by atoms with E-state index in [1.165, 1.54) is 22.1 Å². The Hall–Kier alpha value is -2.82. The summed E-state index contributed by atoms with van der Waals surface area (Å²) in [4.78, 5) is 38.5. The number of aryl methyl sites for hydroxylation is 1. The van der Waals surface area contributed by atoms with Gasteiger partial charge in [0.25, 0.3) is 5.91 Å². The summed E-state index contributed by atoms with van der Waals surface area (Å²) in [5, 5.41) is 19.4. The molecule has 10 nitrogen and oxygen atoms in total. The second-order valence-corrected chi connectivity index (χ2v) is 6.24. The Bertz CT molecular complexity index is 815. The maximum atomic E-state index is 12.5. The fraction of sp³-hybridized carbons (Fsp3) is 0.467. The smallest absolute Gasteiger partial charge is 0.390 e. The van der Waals surface area contributed by atoms with Crippen LogP contribution in [0.3, 0.4) is 0 Å². The van der Waals surface area contributed by atoms with Crippen LogP contribution in [0, 0.1) is 17.0 Å². The van der Waals surface area contributed by atoms with Crippen molar-refractivity contribution < 1.29 is 19.2 Å². The van der Waals surface area contributed by atoms with Gasteiger partial charge >= 0.3 is 11.8 Å². The lowest BCUT2D eigenvalue weighted by molar-refractivity contribution is -0.389. The molecule has 0 aliphatic carbocycles. The Balaban J connectivity index is 2.09. The molecule has 0 bridgehead atoms. The number of carbonyl (C=O) groups excluding carboxylic acids is 2. The summed E-state index contributed by atoms with van der Waals surface area (Å²) in [5.41, 5.74) is 1.02. The van der Waals surface area contributed by atoms with E-state index < -0.39 is 11.0 Å². The summed E-state index contributed by atoms with van der Waals surface area (Å²) in [6.07, 6.45) is 0.425. The van der Waals surface area contributed by atoms with Crippen LogP contribution in [-0.4, -0.2) is 38.2 Å². The molecule has 2 aromatic heterocycles. The molecule has 0 aromatic carbocycles. The molecular formula is C15H19N5O5S. The van der Waals surface area contributed by atoms with Crippen LogP contribution in [-0.2, 0) is 20.7 Å². The van der Waals surface area contributed by atoms with Gasteiger partial charge in [-0.3, -0.25) is 9.59 Å². The number of carbonyl (C=O) groups is 2. The van der Waals surface area contributed by atoms with Gasteiger partial charge in [-0.1, -0.05) is 6.92 Å². The number of hydrogen-bond acceptors (Lipinski definition) is 8. The zero-order valence-electron chi connectivity index (χ0n) is 14.6. The molecule has 26 heavy (non-hydrogen) atoms. The minimum Gasteiger partial charge on any atom is -0.466 e. The van der Waals surface area contributed by atoms with E-state index in [9.17, 15) is 19.7 Å². The summed E-state index contributed by atoms with van der Waals surface area (Å²) in [7, 11) is 0. The molecule has 0 saturated carbocycles. The quantitative estimate of drug-likeness (QED) is 0.422. The van der Waals surface area contributed by atoms with Crippen molar-refractivity contribution in [2.75, 3.05) is 11.9 Å². The van der Waals surface area contributed by atoms with Gasteiger partial charge < -0.3 is 20.2 Å². The summed E-state index contributed by atoms with van der Waals surface area (Å²) in [6, 6.07) is 0.609. The van der Waals surface area contributed by atoms with Crippen LogP contribution >= 0.6 is 11.3 Å². The van der Waals surface area contributed by atoms with Crippen molar-refractivity contribution >= 4 is 34.2 Å². The van der Waals surface area contributed by atoms with E-state index in [0.29, 0.717) is 29.5 Å². The Labute approximate surface area is 153 Å². The summed E-state index contributed by atoms with van der Waals surface area (Å²) < 4.78 is 6.19. The second-order valence-electron chi connectivity index (χ2n) is 5.38. The Morgan fingerprint density at radius 2 is 2.19 bits per heavy atom. The minimum atomic E-state index is -0.707. The monoisotopic (exact) mass is 381 g/mol. The lowest BCUT2D eigenvalue weighted by Gasteiger charge is -2.12. The topological polar surface area (TPSA) is 129 Å². The molecule has 0 aliphatic rings. The van der Waals surface area contributed by atoms with Crippen molar-refractivity contribution in [3.8, 4) is 0 Å².